The van der Waals surface area contributed by atoms with Gasteiger partial charge in [0.05, 0.1) is 0 Å². The second-order valence-corrected chi connectivity index (χ2v) is 5.79. The molecule has 0 aromatic heterocycles. The van der Waals surface area contributed by atoms with Crippen LogP contribution >= 0.6 is 15.9 Å². The summed E-state index contributed by atoms with van der Waals surface area (Å²) in [5, 5.41) is 3.06. The number of carbonyl (C=O) groups excluding carboxylic acids is 1. The summed E-state index contributed by atoms with van der Waals surface area (Å²) in [6.07, 6.45) is 6.06. The van der Waals surface area contributed by atoms with Crippen LogP contribution in [0.15, 0.2) is 0 Å². The molecule has 0 aromatic carbocycles. The smallest absolute Gasteiger partial charge is 0.222 e. The highest BCUT2D eigenvalue weighted by molar-refractivity contribution is 9.09. The van der Waals surface area contributed by atoms with Crippen LogP contribution in [0.1, 0.15) is 46.0 Å². The van der Waals surface area contributed by atoms with Gasteiger partial charge in [0, 0.05) is 17.3 Å². The van der Waals surface area contributed by atoms with E-state index in [9.17, 15) is 4.79 Å². The highest BCUT2D eigenvalue weighted by Gasteiger charge is 2.23. The van der Waals surface area contributed by atoms with E-state index >= 15 is 0 Å². The standard InChI is InChI=1S/C12H22BrNO/c1-3-9(2)12(15)14-8-10-6-4-5-7-11(10)13/h9-11H,3-8H2,1-2H3,(H,14,15). The zero-order chi connectivity index (χ0) is 11.3. The van der Waals surface area contributed by atoms with Crippen LogP contribution < -0.4 is 5.32 Å². The highest BCUT2D eigenvalue weighted by Crippen LogP contribution is 2.29. The van der Waals surface area contributed by atoms with E-state index in [0.29, 0.717) is 10.7 Å². The topological polar surface area (TPSA) is 29.1 Å². The van der Waals surface area contributed by atoms with Crippen molar-refractivity contribution in [2.75, 3.05) is 6.54 Å². The van der Waals surface area contributed by atoms with Gasteiger partial charge in [-0.1, -0.05) is 42.6 Å². The molecule has 0 spiro atoms. The Balaban J connectivity index is 2.26. The molecule has 1 aliphatic carbocycles. The van der Waals surface area contributed by atoms with E-state index in [0.717, 1.165) is 13.0 Å². The molecule has 0 saturated heterocycles. The monoisotopic (exact) mass is 275 g/mol. The first-order chi connectivity index (χ1) is 7.15. The van der Waals surface area contributed by atoms with Gasteiger partial charge in [0.1, 0.15) is 0 Å². The third-order valence-corrected chi connectivity index (χ3v) is 4.62. The Morgan fingerprint density at radius 3 is 2.73 bits per heavy atom. The van der Waals surface area contributed by atoms with E-state index in [1.54, 1.807) is 0 Å². The lowest BCUT2D eigenvalue weighted by Gasteiger charge is -2.27. The van der Waals surface area contributed by atoms with E-state index in [1.807, 2.05) is 6.92 Å². The van der Waals surface area contributed by atoms with Gasteiger partial charge in [-0.2, -0.15) is 0 Å². The maximum Gasteiger partial charge on any atom is 0.222 e. The number of rotatable bonds is 4. The van der Waals surface area contributed by atoms with Gasteiger partial charge in [0.15, 0.2) is 0 Å². The maximum absolute atomic E-state index is 11.6. The van der Waals surface area contributed by atoms with E-state index in [2.05, 4.69) is 28.2 Å². The molecule has 15 heavy (non-hydrogen) atoms. The fourth-order valence-electron chi connectivity index (χ4n) is 1.98. The minimum absolute atomic E-state index is 0.155. The number of carbonyl (C=O) groups is 1. The van der Waals surface area contributed by atoms with Gasteiger partial charge in [-0.3, -0.25) is 4.79 Å². The van der Waals surface area contributed by atoms with Gasteiger partial charge < -0.3 is 5.32 Å². The lowest BCUT2D eigenvalue weighted by molar-refractivity contribution is -0.124. The molecule has 1 rings (SSSR count). The molecule has 1 aliphatic rings. The van der Waals surface area contributed by atoms with Crippen molar-refractivity contribution in [3.8, 4) is 0 Å². The van der Waals surface area contributed by atoms with Crippen molar-refractivity contribution < 1.29 is 4.79 Å². The second-order valence-electron chi connectivity index (χ2n) is 4.61. The van der Waals surface area contributed by atoms with E-state index in [-0.39, 0.29) is 11.8 Å². The molecule has 0 aliphatic heterocycles. The summed E-state index contributed by atoms with van der Waals surface area (Å²) in [6, 6.07) is 0. The van der Waals surface area contributed by atoms with Crippen LogP contribution in [0.4, 0.5) is 0 Å². The summed E-state index contributed by atoms with van der Waals surface area (Å²) in [7, 11) is 0. The first-order valence-electron chi connectivity index (χ1n) is 6.07. The molecular weight excluding hydrogens is 254 g/mol. The van der Waals surface area contributed by atoms with Crippen LogP contribution in [0.25, 0.3) is 0 Å². The average molecular weight is 276 g/mol. The Hall–Kier alpha value is -0.0500. The van der Waals surface area contributed by atoms with Gasteiger partial charge in [0.25, 0.3) is 0 Å². The lowest BCUT2D eigenvalue weighted by Crippen LogP contribution is -2.36. The number of amides is 1. The predicted molar refractivity (Wildman–Crippen MR) is 67.1 cm³/mol. The quantitative estimate of drug-likeness (QED) is 0.785. The molecule has 0 heterocycles. The summed E-state index contributed by atoms with van der Waals surface area (Å²) in [4.78, 5) is 12.2. The van der Waals surface area contributed by atoms with Crippen LogP contribution in [0, 0.1) is 11.8 Å². The maximum atomic E-state index is 11.6. The van der Waals surface area contributed by atoms with Gasteiger partial charge in [-0.15, -0.1) is 0 Å². The first kappa shape index (κ1) is 13.0. The number of hydrogen-bond acceptors (Lipinski definition) is 1. The van der Waals surface area contributed by atoms with Crippen molar-refractivity contribution in [1.29, 1.82) is 0 Å². The summed E-state index contributed by atoms with van der Waals surface area (Å²) in [5.74, 6) is 0.997. The molecule has 0 radical (unpaired) electrons. The molecule has 3 unspecified atom stereocenters. The minimum atomic E-state index is 0.155. The number of alkyl halides is 1. The molecule has 88 valence electrons. The van der Waals surface area contributed by atoms with Gasteiger partial charge in [0.2, 0.25) is 5.91 Å². The van der Waals surface area contributed by atoms with Crippen LogP contribution in [0.3, 0.4) is 0 Å². The van der Waals surface area contributed by atoms with Gasteiger partial charge >= 0.3 is 0 Å². The Kier molecular flexibility index (Phi) is 5.65. The molecule has 3 atom stereocenters. The molecule has 2 nitrogen and oxygen atoms in total. The summed E-state index contributed by atoms with van der Waals surface area (Å²) in [6.45, 7) is 4.89. The third-order valence-electron chi connectivity index (χ3n) is 3.41. The molecule has 1 fully saturated rings. The third kappa shape index (κ3) is 4.13. The van der Waals surface area contributed by atoms with Crippen molar-refractivity contribution in [1.82, 2.24) is 5.32 Å². The first-order valence-corrected chi connectivity index (χ1v) is 6.98. The SMILES string of the molecule is CCC(C)C(=O)NCC1CCCCC1Br. The Labute approximate surface area is 101 Å². The summed E-state index contributed by atoms with van der Waals surface area (Å²) >= 11 is 3.71. The summed E-state index contributed by atoms with van der Waals surface area (Å²) < 4.78 is 0. The van der Waals surface area contributed by atoms with Crippen molar-refractivity contribution >= 4 is 21.8 Å². The molecular formula is C12H22BrNO. The van der Waals surface area contributed by atoms with E-state index < -0.39 is 0 Å². The number of nitrogens with one attached hydrogen (secondary N) is 1. The number of halogens is 1. The zero-order valence-electron chi connectivity index (χ0n) is 9.76. The van der Waals surface area contributed by atoms with Crippen LogP contribution in [-0.2, 0) is 4.79 Å². The van der Waals surface area contributed by atoms with E-state index in [4.69, 9.17) is 0 Å². The fraction of sp³-hybridized carbons (Fsp3) is 0.917. The molecule has 1 N–H and O–H groups in total. The van der Waals surface area contributed by atoms with Crippen molar-refractivity contribution in [2.24, 2.45) is 11.8 Å². The van der Waals surface area contributed by atoms with Crippen LogP contribution in [0.5, 0.6) is 0 Å². The van der Waals surface area contributed by atoms with Gasteiger partial charge in [-0.05, 0) is 25.2 Å². The van der Waals surface area contributed by atoms with Crippen molar-refractivity contribution in [2.45, 2.75) is 50.8 Å². The Bertz CT molecular complexity index is 208. The van der Waals surface area contributed by atoms with Crippen molar-refractivity contribution in [3.05, 3.63) is 0 Å². The minimum Gasteiger partial charge on any atom is -0.356 e. The summed E-state index contributed by atoms with van der Waals surface area (Å²) in [5.41, 5.74) is 0. The Morgan fingerprint density at radius 1 is 1.47 bits per heavy atom. The number of hydrogen-bond donors (Lipinski definition) is 1. The average Bonchev–Trinajstić information content (AvgIpc) is 2.26. The second kappa shape index (κ2) is 6.51. The zero-order valence-corrected chi connectivity index (χ0v) is 11.3. The van der Waals surface area contributed by atoms with Crippen LogP contribution in [0.2, 0.25) is 0 Å². The Morgan fingerprint density at radius 2 is 2.13 bits per heavy atom. The molecule has 0 aromatic rings. The fourth-order valence-corrected chi connectivity index (χ4v) is 2.76. The largest absolute Gasteiger partial charge is 0.356 e. The van der Waals surface area contributed by atoms with E-state index in [1.165, 1.54) is 25.7 Å². The molecule has 0 bridgehead atoms. The van der Waals surface area contributed by atoms with Crippen LogP contribution in [-0.4, -0.2) is 17.3 Å². The van der Waals surface area contributed by atoms with Crippen molar-refractivity contribution in [3.63, 3.8) is 0 Å². The lowest BCUT2D eigenvalue weighted by atomic mass is 9.89. The normalized spacial score (nSPS) is 28.5. The molecule has 3 heteroatoms. The van der Waals surface area contributed by atoms with Gasteiger partial charge in [-0.25, -0.2) is 0 Å². The molecule has 1 saturated carbocycles. The molecule has 1 amide bonds. The predicted octanol–water partition coefficient (Wildman–Crippen LogP) is 3.10. The highest BCUT2D eigenvalue weighted by atomic mass is 79.9.